The second kappa shape index (κ2) is 9.01. The van der Waals surface area contributed by atoms with Gasteiger partial charge < -0.3 is 15.1 Å². The number of nitrogens with zero attached hydrogens (tertiary/aromatic N) is 1. The maximum atomic E-state index is 8.80. The maximum Gasteiger partial charge on any atom is 0.631 e. The Morgan fingerprint density at radius 3 is 1.57 bits per heavy atom. The first kappa shape index (κ1) is 15.9. The summed E-state index contributed by atoms with van der Waals surface area (Å²) in [7, 11) is -2.17. The molecule has 0 heterocycles. The van der Waals surface area contributed by atoms with E-state index in [4.69, 9.17) is 20.3 Å². The molecule has 0 unspecified atom stereocenters. The molecular formula is C9H20BNO3. The fraction of sp³-hybridized carbons (Fsp3) is 0.889. The molecule has 0 bridgehead atoms. The maximum absolute atomic E-state index is 8.80. The second-order valence-electron chi connectivity index (χ2n) is 3.52. The minimum atomic E-state index is -2.17. The Balaban J connectivity index is 0. The smallest absolute Gasteiger partial charge is 0.402 e. The molecule has 0 spiro atoms. The molecule has 0 amide bonds. The van der Waals surface area contributed by atoms with Gasteiger partial charge in [-0.1, -0.05) is 26.7 Å². The van der Waals surface area contributed by atoms with Crippen molar-refractivity contribution in [3.05, 3.63) is 0 Å². The zero-order valence-corrected chi connectivity index (χ0v) is 9.19. The van der Waals surface area contributed by atoms with Gasteiger partial charge >= 0.3 is 7.32 Å². The molecule has 0 rings (SSSR count). The molecule has 0 aliphatic rings. The van der Waals surface area contributed by atoms with Crippen LogP contribution >= 0.6 is 0 Å². The zero-order valence-electron chi connectivity index (χ0n) is 9.19. The normalized spacial score (nSPS) is 9.79. The van der Waals surface area contributed by atoms with Crippen LogP contribution in [0.1, 0.15) is 46.5 Å². The molecule has 0 aliphatic carbocycles. The molecule has 0 saturated carbocycles. The van der Waals surface area contributed by atoms with E-state index in [9.17, 15) is 0 Å². The highest BCUT2D eigenvalue weighted by Crippen LogP contribution is 2.27. The molecule has 0 atom stereocenters. The largest absolute Gasteiger partial charge is 0.631 e. The topological polar surface area (TPSA) is 84.5 Å². The predicted molar refractivity (Wildman–Crippen MR) is 55.9 cm³/mol. The molecule has 0 radical (unpaired) electrons. The Labute approximate surface area is 86.4 Å². The fourth-order valence-electron chi connectivity index (χ4n) is 1.34. The quantitative estimate of drug-likeness (QED) is 0.594. The van der Waals surface area contributed by atoms with Crippen molar-refractivity contribution in [3.8, 4) is 6.07 Å². The van der Waals surface area contributed by atoms with Crippen molar-refractivity contribution in [1.82, 2.24) is 0 Å². The van der Waals surface area contributed by atoms with E-state index in [0.717, 1.165) is 25.7 Å². The molecule has 0 aromatic heterocycles. The van der Waals surface area contributed by atoms with E-state index in [1.54, 1.807) is 0 Å². The average Bonchev–Trinajstić information content (AvgIpc) is 2.04. The van der Waals surface area contributed by atoms with Gasteiger partial charge in [-0.25, -0.2) is 0 Å². The van der Waals surface area contributed by atoms with Gasteiger partial charge in [0.15, 0.2) is 0 Å². The predicted octanol–water partition coefficient (Wildman–Crippen LogP) is 1.06. The van der Waals surface area contributed by atoms with E-state index < -0.39 is 7.32 Å². The van der Waals surface area contributed by atoms with E-state index in [1.807, 2.05) is 0 Å². The van der Waals surface area contributed by atoms with Crippen molar-refractivity contribution in [2.45, 2.75) is 46.5 Å². The summed E-state index contributed by atoms with van der Waals surface area (Å²) in [5.74, 6) is 0. The van der Waals surface area contributed by atoms with Gasteiger partial charge in [-0.05, 0) is 19.8 Å². The summed E-state index contributed by atoms with van der Waals surface area (Å²) in [5, 5.41) is 30.3. The minimum absolute atomic E-state index is 0.0521. The van der Waals surface area contributed by atoms with Crippen molar-refractivity contribution in [2.24, 2.45) is 5.41 Å². The van der Waals surface area contributed by atoms with Gasteiger partial charge in [0.1, 0.15) is 0 Å². The van der Waals surface area contributed by atoms with Crippen LogP contribution in [0.5, 0.6) is 0 Å². The first-order chi connectivity index (χ1) is 6.41. The third-order valence-electron chi connectivity index (χ3n) is 1.87. The lowest BCUT2D eigenvalue weighted by Crippen LogP contribution is -2.12. The van der Waals surface area contributed by atoms with E-state index in [2.05, 4.69) is 26.8 Å². The lowest BCUT2D eigenvalue weighted by molar-refractivity contribution is 0.278. The average molecular weight is 201 g/mol. The van der Waals surface area contributed by atoms with Crippen LogP contribution in [0.3, 0.4) is 0 Å². The fourth-order valence-corrected chi connectivity index (χ4v) is 1.34. The van der Waals surface area contributed by atoms with Crippen molar-refractivity contribution in [3.63, 3.8) is 0 Å². The van der Waals surface area contributed by atoms with E-state index in [0.29, 0.717) is 0 Å². The Morgan fingerprint density at radius 2 is 1.43 bits per heavy atom. The zero-order chi connectivity index (χ0) is 11.6. The molecule has 0 aromatic carbocycles. The van der Waals surface area contributed by atoms with Gasteiger partial charge in [-0.2, -0.15) is 5.26 Å². The summed E-state index contributed by atoms with van der Waals surface area (Å²) in [5.41, 5.74) is -0.0521. The lowest BCUT2D eigenvalue weighted by atomic mass is 9.83. The first-order valence-corrected chi connectivity index (χ1v) is 4.87. The van der Waals surface area contributed by atoms with Crippen LogP contribution in [-0.4, -0.2) is 22.4 Å². The summed E-state index contributed by atoms with van der Waals surface area (Å²) in [6.45, 7) is 6.32. The van der Waals surface area contributed by atoms with E-state index >= 15 is 0 Å². The van der Waals surface area contributed by atoms with E-state index in [-0.39, 0.29) is 5.41 Å². The molecule has 4 nitrogen and oxygen atoms in total. The van der Waals surface area contributed by atoms with Crippen LogP contribution < -0.4 is 0 Å². The van der Waals surface area contributed by atoms with E-state index in [1.165, 1.54) is 0 Å². The molecule has 5 heteroatoms. The van der Waals surface area contributed by atoms with Gasteiger partial charge in [0.25, 0.3) is 0 Å². The molecule has 0 aromatic rings. The van der Waals surface area contributed by atoms with Crippen molar-refractivity contribution in [1.29, 1.82) is 5.26 Å². The van der Waals surface area contributed by atoms with Crippen molar-refractivity contribution in [2.75, 3.05) is 0 Å². The van der Waals surface area contributed by atoms with Gasteiger partial charge in [-0.3, -0.25) is 0 Å². The molecule has 3 N–H and O–H groups in total. The van der Waals surface area contributed by atoms with Gasteiger partial charge in [0, 0.05) is 0 Å². The van der Waals surface area contributed by atoms with Gasteiger partial charge in [0.05, 0.1) is 11.5 Å². The first-order valence-electron chi connectivity index (χ1n) is 4.87. The number of hydrogen-bond acceptors (Lipinski definition) is 4. The van der Waals surface area contributed by atoms with Crippen molar-refractivity contribution >= 4 is 7.32 Å². The molecule has 0 saturated heterocycles. The summed E-state index contributed by atoms with van der Waals surface area (Å²) in [6, 6.07) is 2.38. The third kappa shape index (κ3) is 11.4. The number of hydrogen-bond donors (Lipinski definition) is 3. The lowest BCUT2D eigenvalue weighted by Gasteiger charge is -2.18. The Hall–Kier alpha value is -0.565. The van der Waals surface area contributed by atoms with Crippen LogP contribution in [-0.2, 0) is 0 Å². The second-order valence-corrected chi connectivity index (χ2v) is 3.52. The molecule has 82 valence electrons. The van der Waals surface area contributed by atoms with Crippen LogP contribution in [0.4, 0.5) is 0 Å². The van der Waals surface area contributed by atoms with Crippen LogP contribution in [0.15, 0.2) is 0 Å². The van der Waals surface area contributed by atoms with Gasteiger partial charge in [0.2, 0.25) is 0 Å². The highest BCUT2D eigenvalue weighted by molar-refractivity contribution is 6.30. The number of rotatable bonds is 4. The minimum Gasteiger partial charge on any atom is -0.402 e. The summed E-state index contributed by atoms with van der Waals surface area (Å²) in [6.07, 6.45) is 4.31. The Kier molecular flexibility index (Phi) is 10.2. The van der Waals surface area contributed by atoms with Crippen LogP contribution in [0, 0.1) is 16.7 Å². The summed E-state index contributed by atoms with van der Waals surface area (Å²) in [4.78, 5) is 0. The highest BCUT2D eigenvalue weighted by atomic mass is 16.5. The molecule has 0 aliphatic heterocycles. The number of nitriles is 1. The SMILES string of the molecule is CCCC(C)(C#N)CCC.OB(O)O. The van der Waals surface area contributed by atoms with Crippen LogP contribution in [0.25, 0.3) is 0 Å². The Morgan fingerprint density at radius 1 is 1.14 bits per heavy atom. The molecule has 14 heavy (non-hydrogen) atoms. The standard InChI is InChI=1S/C9H17N.BH3O3/c1-4-6-9(3,8-10)7-5-2;2-1(3)4/h4-7H2,1-3H3;2-4H. The monoisotopic (exact) mass is 201 g/mol. The highest BCUT2D eigenvalue weighted by Gasteiger charge is 2.20. The van der Waals surface area contributed by atoms with Crippen LogP contribution in [0.2, 0.25) is 0 Å². The molecular weight excluding hydrogens is 181 g/mol. The third-order valence-corrected chi connectivity index (χ3v) is 1.87. The summed E-state index contributed by atoms with van der Waals surface area (Å²) < 4.78 is 0. The molecule has 0 fully saturated rings. The van der Waals surface area contributed by atoms with Gasteiger partial charge in [-0.15, -0.1) is 0 Å². The van der Waals surface area contributed by atoms with Crippen molar-refractivity contribution < 1.29 is 15.1 Å². The Bertz CT molecular complexity index is 159. The summed E-state index contributed by atoms with van der Waals surface area (Å²) >= 11 is 0.